The van der Waals surface area contributed by atoms with Crippen molar-refractivity contribution in [2.45, 2.75) is 42.1 Å². The second-order valence-electron chi connectivity index (χ2n) is 4.18. The number of halogens is 15. The molecular formula is C7F15N. The SMILES string of the molecule is FC(F)(F)C(F)(F)C(F)(F)N1C(F)(F)C(F)(F)C(F)(F)C1(F)F. The zero-order chi connectivity index (χ0) is 19.1. The van der Waals surface area contributed by atoms with Crippen LogP contribution in [0.1, 0.15) is 0 Å². The van der Waals surface area contributed by atoms with E-state index in [1.807, 2.05) is 0 Å². The third-order valence-electron chi connectivity index (χ3n) is 2.73. The van der Waals surface area contributed by atoms with E-state index in [0.29, 0.717) is 0 Å². The number of nitrogens with zero attached hydrogens (tertiary/aromatic N) is 1. The van der Waals surface area contributed by atoms with Gasteiger partial charge in [0, 0.05) is 0 Å². The molecule has 0 spiro atoms. The number of likely N-dealkylation sites (tertiary alicyclic amines) is 1. The van der Waals surface area contributed by atoms with Gasteiger partial charge in [0.2, 0.25) is 0 Å². The topological polar surface area (TPSA) is 3.24 Å². The molecule has 16 heteroatoms. The highest BCUT2D eigenvalue weighted by atomic mass is 19.4. The molecule has 0 amide bonds. The molecule has 1 rings (SSSR count). The molecule has 1 heterocycles. The van der Waals surface area contributed by atoms with Gasteiger partial charge in [-0.2, -0.15) is 65.9 Å². The van der Waals surface area contributed by atoms with E-state index in [4.69, 9.17) is 0 Å². The maximum atomic E-state index is 12.9. The van der Waals surface area contributed by atoms with Crippen molar-refractivity contribution in [3.8, 4) is 0 Å². The third-order valence-corrected chi connectivity index (χ3v) is 2.73. The number of hydrogen-bond donors (Lipinski definition) is 0. The van der Waals surface area contributed by atoms with Gasteiger partial charge in [-0.05, 0) is 0 Å². The summed E-state index contributed by atoms with van der Waals surface area (Å²) in [6.07, 6.45) is -7.50. The summed E-state index contributed by atoms with van der Waals surface area (Å²) in [5, 5.41) is 0. The fourth-order valence-electron chi connectivity index (χ4n) is 1.50. The van der Waals surface area contributed by atoms with Gasteiger partial charge < -0.3 is 0 Å². The van der Waals surface area contributed by atoms with Gasteiger partial charge in [0.1, 0.15) is 0 Å². The van der Waals surface area contributed by atoms with Crippen LogP contribution >= 0.6 is 0 Å². The molecule has 0 aromatic heterocycles. The van der Waals surface area contributed by atoms with Gasteiger partial charge >= 0.3 is 42.1 Å². The van der Waals surface area contributed by atoms with Gasteiger partial charge in [0.05, 0.1) is 0 Å². The molecule has 1 nitrogen and oxygen atoms in total. The number of alkyl halides is 15. The van der Waals surface area contributed by atoms with Crippen molar-refractivity contribution in [1.29, 1.82) is 0 Å². The highest BCUT2D eigenvalue weighted by molar-refractivity contribution is 5.15. The fourth-order valence-corrected chi connectivity index (χ4v) is 1.50. The van der Waals surface area contributed by atoms with Crippen molar-refractivity contribution < 1.29 is 65.9 Å². The van der Waals surface area contributed by atoms with Gasteiger partial charge in [-0.15, -0.1) is 4.90 Å². The minimum Gasteiger partial charge on any atom is -0.191 e. The van der Waals surface area contributed by atoms with Crippen LogP contribution in [-0.4, -0.2) is 47.0 Å². The van der Waals surface area contributed by atoms with Gasteiger partial charge in [-0.3, -0.25) is 0 Å². The van der Waals surface area contributed by atoms with Crippen molar-refractivity contribution in [3.63, 3.8) is 0 Å². The molecule has 1 fully saturated rings. The molecule has 1 aliphatic heterocycles. The van der Waals surface area contributed by atoms with Crippen LogP contribution in [0.15, 0.2) is 0 Å². The Kier molecular flexibility index (Phi) is 3.73. The average Bonchev–Trinajstić information content (AvgIpc) is 2.30. The predicted molar refractivity (Wildman–Crippen MR) is 37.6 cm³/mol. The molecular weight excluding hydrogens is 383 g/mol. The second kappa shape index (κ2) is 4.30. The van der Waals surface area contributed by atoms with E-state index in [0.717, 1.165) is 0 Å². The molecule has 1 saturated heterocycles. The van der Waals surface area contributed by atoms with Crippen LogP contribution < -0.4 is 0 Å². The molecule has 1 aliphatic rings. The van der Waals surface area contributed by atoms with Crippen LogP contribution in [0.4, 0.5) is 65.9 Å². The maximum Gasteiger partial charge on any atom is 0.461 e. The Balaban J connectivity index is 3.71. The molecule has 0 aromatic rings. The summed E-state index contributed by atoms with van der Waals surface area (Å²) in [5.41, 5.74) is 0. The average molecular weight is 383 g/mol. The van der Waals surface area contributed by atoms with E-state index in [1.54, 1.807) is 0 Å². The largest absolute Gasteiger partial charge is 0.461 e. The van der Waals surface area contributed by atoms with Gasteiger partial charge in [-0.1, -0.05) is 0 Å². The van der Waals surface area contributed by atoms with Crippen LogP contribution in [0.5, 0.6) is 0 Å². The van der Waals surface area contributed by atoms with E-state index in [1.165, 1.54) is 0 Å². The minimum atomic E-state index is -7.85. The van der Waals surface area contributed by atoms with E-state index < -0.39 is 47.0 Å². The summed E-state index contributed by atoms with van der Waals surface area (Å²) in [6.45, 7) is 0. The zero-order valence-corrected chi connectivity index (χ0v) is 9.62. The molecule has 138 valence electrons. The summed E-state index contributed by atoms with van der Waals surface area (Å²) >= 11 is 0. The smallest absolute Gasteiger partial charge is 0.191 e. The monoisotopic (exact) mass is 383 g/mol. The first kappa shape index (κ1) is 20.0. The quantitative estimate of drug-likeness (QED) is 0.500. The van der Waals surface area contributed by atoms with Crippen molar-refractivity contribution >= 4 is 0 Å². The Morgan fingerprint density at radius 2 is 0.783 bits per heavy atom. The Morgan fingerprint density at radius 3 is 1.00 bits per heavy atom. The lowest BCUT2D eigenvalue weighted by Gasteiger charge is -2.38. The number of hydrogen-bond acceptors (Lipinski definition) is 1. The molecule has 0 saturated carbocycles. The first-order chi connectivity index (χ1) is 9.62. The Bertz CT molecular complexity index is 461. The summed E-state index contributed by atoms with van der Waals surface area (Å²) < 4.78 is 188. The Morgan fingerprint density at radius 1 is 0.522 bits per heavy atom. The minimum absolute atomic E-state index is 4.11. The summed E-state index contributed by atoms with van der Waals surface area (Å²) in [4.78, 5) is -4.11. The van der Waals surface area contributed by atoms with Crippen molar-refractivity contribution in [2.75, 3.05) is 0 Å². The van der Waals surface area contributed by atoms with Crippen LogP contribution in [0.25, 0.3) is 0 Å². The molecule has 0 aliphatic carbocycles. The lowest BCUT2D eigenvalue weighted by atomic mass is 10.2. The maximum absolute atomic E-state index is 12.9. The fraction of sp³-hybridized carbons (Fsp3) is 1.00. The van der Waals surface area contributed by atoms with Gasteiger partial charge in [-0.25, -0.2) is 0 Å². The normalized spacial score (nSPS) is 27.3. The van der Waals surface area contributed by atoms with Crippen LogP contribution in [-0.2, 0) is 0 Å². The van der Waals surface area contributed by atoms with E-state index in [-0.39, 0.29) is 0 Å². The van der Waals surface area contributed by atoms with Crippen LogP contribution in [0.3, 0.4) is 0 Å². The molecule has 0 N–H and O–H groups in total. The van der Waals surface area contributed by atoms with Crippen molar-refractivity contribution in [2.24, 2.45) is 0 Å². The Hall–Kier alpha value is -1.09. The first-order valence-corrected chi connectivity index (χ1v) is 4.76. The molecule has 23 heavy (non-hydrogen) atoms. The predicted octanol–water partition coefficient (Wildman–Crippen LogP) is 4.55. The van der Waals surface area contributed by atoms with E-state index in [9.17, 15) is 65.9 Å². The zero-order valence-electron chi connectivity index (χ0n) is 9.62. The summed E-state index contributed by atoms with van der Waals surface area (Å²) in [7, 11) is 0. The molecule has 0 aromatic carbocycles. The van der Waals surface area contributed by atoms with Crippen LogP contribution in [0.2, 0.25) is 0 Å². The molecule has 0 bridgehead atoms. The highest BCUT2D eigenvalue weighted by Gasteiger charge is 2.99. The Labute approximate surface area is 114 Å². The van der Waals surface area contributed by atoms with Crippen molar-refractivity contribution in [1.82, 2.24) is 4.90 Å². The van der Waals surface area contributed by atoms with Crippen molar-refractivity contribution in [3.05, 3.63) is 0 Å². The summed E-state index contributed by atoms with van der Waals surface area (Å²) in [5.74, 6) is -22.5. The molecule has 0 unspecified atom stereocenters. The highest BCUT2D eigenvalue weighted by Crippen LogP contribution is 2.67. The summed E-state index contributed by atoms with van der Waals surface area (Å²) in [6, 6.07) is -22.7. The first-order valence-electron chi connectivity index (χ1n) is 4.76. The standard InChI is InChI=1S/C7F15N/c8-1(9)2(10,11)6(19,20)23(5(1,17)18)7(21,22)3(12,13)4(14,15)16. The van der Waals surface area contributed by atoms with Gasteiger partial charge in [0.25, 0.3) is 0 Å². The molecule has 0 atom stereocenters. The second-order valence-corrected chi connectivity index (χ2v) is 4.18. The molecule has 0 radical (unpaired) electrons. The number of rotatable bonds is 2. The van der Waals surface area contributed by atoms with E-state index >= 15 is 0 Å². The lowest BCUT2D eigenvalue weighted by molar-refractivity contribution is -0.450. The lowest BCUT2D eigenvalue weighted by Crippen LogP contribution is -2.68. The third kappa shape index (κ3) is 1.95. The van der Waals surface area contributed by atoms with Crippen LogP contribution in [0, 0.1) is 0 Å². The van der Waals surface area contributed by atoms with Gasteiger partial charge in [0.15, 0.2) is 0 Å². The van der Waals surface area contributed by atoms with E-state index in [2.05, 4.69) is 0 Å².